The molecule has 0 aliphatic carbocycles. The quantitative estimate of drug-likeness (QED) is 0.793. The van der Waals surface area contributed by atoms with E-state index >= 15 is 0 Å². The zero-order valence-electron chi connectivity index (χ0n) is 12.1. The van der Waals surface area contributed by atoms with Gasteiger partial charge in [-0.2, -0.15) is 0 Å². The van der Waals surface area contributed by atoms with Crippen molar-refractivity contribution in [1.82, 2.24) is 9.97 Å². The zero-order valence-corrected chi connectivity index (χ0v) is 12.1. The maximum atomic E-state index is 5.92. The van der Waals surface area contributed by atoms with Gasteiger partial charge in [-0.15, -0.1) is 0 Å². The van der Waals surface area contributed by atoms with Crippen molar-refractivity contribution in [3.8, 4) is 11.5 Å². The maximum absolute atomic E-state index is 5.92. The Morgan fingerprint density at radius 1 is 1.10 bits per heavy atom. The zero-order chi connectivity index (χ0) is 14.8. The first-order valence-electron chi connectivity index (χ1n) is 6.89. The minimum atomic E-state index is -0.0825. The summed E-state index contributed by atoms with van der Waals surface area (Å²) in [5.74, 6) is 1.40. The summed E-state index contributed by atoms with van der Waals surface area (Å²) in [6.45, 7) is 3.87. The van der Waals surface area contributed by atoms with Gasteiger partial charge in [0.1, 0.15) is 11.3 Å². The number of fused-ring (bicyclic) bond motifs is 1. The van der Waals surface area contributed by atoms with Crippen molar-refractivity contribution in [2.45, 2.75) is 19.9 Å². The topological polar surface area (TPSA) is 61.0 Å². The number of hydrogen-bond donors (Lipinski definition) is 1. The highest BCUT2D eigenvalue weighted by molar-refractivity contribution is 5.84. The molecule has 0 fully saturated rings. The van der Waals surface area contributed by atoms with Gasteiger partial charge in [0, 0.05) is 17.1 Å². The molecule has 21 heavy (non-hydrogen) atoms. The summed E-state index contributed by atoms with van der Waals surface area (Å²) >= 11 is 0. The van der Waals surface area contributed by atoms with E-state index in [0.29, 0.717) is 5.75 Å². The number of hydrogen-bond acceptors (Lipinski definition) is 4. The number of nitrogens with two attached hydrogens (primary N) is 1. The Balaban J connectivity index is 1.96. The molecular formula is C17H17N3O. The molecule has 4 nitrogen and oxygen atoms in total. The van der Waals surface area contributed by atoms with Gasteiger partial charge in [0.2, 0.25) is 0 Å². The van der Waals surface area contributed by atoms with Crippen LogP contribution in [0.15, 0.2) is 48.7 Å². The highest BCUT2D eigenvalue weighted by Crippen LogP contribution is 2.28. The fourth-order valence-electron chi connectivity index (χ4n) is 2.15. The van der Waals surface area contributed by atoms with Crippen LogP contribution in [0.5, 0.6) is 11.5 Å². The Bertz CT molecular complexity index is 767. The second kappa shape index (κ2) is 5.50. The number of nitrogens with zero attached hydrogens (tertiary/aromatic N) is 2. The number of para-hydroxylation sites is 1. The molecule has 0 aliphatic rings. The normalized spacial score (nSPS) is 12.3. The maximum Gasteiger partial charge on any atom is 0.153 e. The minimum Gasteiger partial charge on any atom is -0.453 e. The fraction of sp³-hybridized carbons (Fsp3) is 0.176. The lowest BCUT2D eigenvalue weighted by atomic mass is 10.2. The Morgan fingerprint density at radius 3 is 2.67 bits per heavy atom. The van der Waals surface area contributed by atoms with E-state index in [-0.39, 0.29) is 6.04 Å². The molecule has 0 bridgehead atoms. The Hall–Kier alpha value is -2.46. The predicted octanol–water partition coefficient (Wildman–Crippen LogP) is 3.75. The van der Waals surface area contributed by atoms with Crippen molar-refractivity contribution >= 4 is 10.9 Å². The fourth-order valence-corrected chi connectivity index (χ4v) is 2.15. The summed E-state index contributed by atoms with van der Waals surface area (Å²) in [6, 6.07) is 13.6. The van der Waals surface area contributed by atoms with E-state index in [0.717, 1.165) is 28.0 Å². The van der Waals surface area contributed by atoms with Crippen LogP contribution in [0, 0.1) is 6.92 Å². The van der Waals surface area contributed by atoms with Crippen LogP contribution in [0.1, 0.15) is 24.4 Å². The third-order valence-electron chi connectivity index (χ3n) is 3.28. The molecule has 4 heteroatoms. The van der Waals surface area contributed by atoms with E-state index in [1.165, 1.54) is 0 Å². The lowest BCUT2D eigenvalue weighted by molar-refractivity contribution is 0.483. The van der Waals surface area contributed by atoms with E-state index < -0.39 is 0 Å². The molecular weight excluding hydrogens is 262 g/mol. The number of pyridine rings is 2. The van der Waals surface area contributed by atoms with Crippen molar-refractivity contribution in [1.29, 1.82) is 0 Å². The average Bonchev–Trinajstić information content (AvgIpc) is 2.48. The predicted molar refractivity (Wildman–Crippen MR) is 83.4 cm³/mol. The first-order chi connectivity index (χ1) is 10.1. The van der Waals surface area contributed by atoms with Crippen molar-refractivity contribution in [2.75, 3.05) is 0 Å². The van der Waals surface area contributed by atoms with Gasteiger partial charge in [-0.1, -0.05) is 18.2 Å². The second-order valence-corrected chi connectivity index (χ2v) is 5.09. The lowest BCUT2D eigenvalue weighted by Gasteiger charge is -2.10. The molecule has 3 rings (SSSR count). The van der Waals surface area contributed by atoms with Crippen LogP contribution in [0.2, 0.25) is 0 Å². The van der Waals surface area contributed by atoms with E-state index in [4.69, 9.17) is 10.5 Å². The molecule has 3 aromatic rings. The van der Waals surface area contributed by atoms with Gasteiger partial charge in [-0.25, -0.2) is 4.98 Å². The van der Waals surface area contributed by atoms with Crippen molar-refractivity contribution in [3.05, 3.63) is 60.0 Å². The van der Waals surface area contributed by atoms with Gasteiger partial charge in [-0.05, 0) is 38.1 Å². The number of rotatable bonds is 3. The van der Waals surface area contributed by atoms with Crippen LogP contribution in [0.4, 0.5) is 0 Å². The van der Waals surface area contributed by atoms with Gasteiger partial charge in [-0.3, -0.25) is 4.98 Å². The number of ether oxygens (including phenoxy) is 1. The van der Waals surface area contributed by atoms with Crippen molar-refractivity contribution < 1.29 is 4.74 Å². The number of benzene rings is 1. The smallest absolute Gasteiger partial charge is 0.153 e. The summed E-state index contributed by atoms with van der Waals surface area (Å²) in [5.41, 5.74) is 8.45. The summed E-state index contributed by atoms with van der Waals surface area (Å²) in [7, 11) is 0. The Kier molecular flexibility index (Phi) is 3.54. The van der Waals surface area contributed by atoms with Crippen LogP contribution < -0.4 is 10.5 Å². The van der Waals surface area contributed by atoms with Crippen LogP contribution in [-0.4, -0.2) is 9.97 Å². The molecule has 2 N–H and O–H groups in total. The van der Waals surface area contributed by atoms with Gasteiger partial charge in [0.25, 0.3) is 0 Å². The summed E-state index contributed by atoms with van der Waals surface area (Å²) in [6.07, 6.45) is 1.69. The third-order valence-corrected chi connectivity index (χ3v) is 3.28. The van der Waals surface area contributed by atoms with Gasteiger partial charge in [0.15, 0.2) is 5.75 Å². The largest absolute Gasteiger partial charge is 0.453 e. The first-order valence-corrected chi connectivity index (χ1v) is 6.89. The minimum absolute atomic E-state index is 0.0825. The SMILES string of the molecule is Cc1ccc2cccc(Oc3ccc([C@H](C)N)nc3)c2n1. The number of aromatic nitrogens is 2. The average molecular weight is 279 g/mol. The molecule has 106 valence electrons. The van der Waals surface area contributed by atoms with Gasteiger partial charge < -0.3 is 10.5 Å². The molecule has 0 radical (unpaired) electrons. The molecule has 1 aromatic carbocycles. The van der Waals surface area contributed by atoms with Gasteiger partial charge in [0.05, 0.1) is 11.9 Å². The summed E-state index contributed by atoms with van der Waals surface area (Å²) in [5, 5.41) is 1.05. The standard InChI is InChI=1S/C17H17N3O/c1-11-6-7-13-4-3-5-16(17(13)20-11)21-14-8-9-15(12(2)18)19-10-14/h3-10,12H,18H2,1-2H3/t12-/m0/s1. The molecule has 0 amide bonds. The Labute approximate surface area is 123 Å². The van der Waals surface area contributed by atoms with Crippen molar-refractivity contribution in [3.63, 3.8) is 0 Å². The number of aryl methyl sites for hydroxylation is 1. The van der Waals surface area contributed by atoms with E-state index in [1.54, 1.807) is 6.20 Å². The molecule has 0 saturated carbocycles. The van der Waals surface area contributed by atoms with Crippen LogP contribution in [0.25, 0.3) is 10.9 Å². The first kappa shape index (κ1) is 13.5. The van der Waals surface area contributed by atoms with Crippen LogP contribution in [-0.2, 0) is 0 Å². The van der Waals surface area contributed by atoms with Crippen molar-refractivity contribution in [2.24, 2.45) is 5.73 Å². The molecule has 2 heterocycles. The molecule has 0 saturated heterocycles. The molecule has 0 aliphatic heterocycles. The van der Waals surface area contributed by atoms with Gasteiger partial charge >= 0.3 is 0 Å². The monoisotopic (exact) mass is 279 g/mol. The molecule has 0 spiro atoms. The second-order valence-electron chi connectivity index (χ2n) is 5.09. The molecule has 2 aromatic heterocycles. The highest BCUT2D eigenvalue weighted by atomic mass is 16.5. The Morgan fingerprint density at radius 2 is 1.95 bits per heavy atom. The summed E-state index contributed by atoms with van der Waals surface area (Å²) in [4.78, 5) is 8.85. The van der Waals surface area contributed by atoms with E-state index in [1.807, 2.05) is 56.3 Å². The third kappa shape index (κ3) is 2.85. The summed E-state index contributed by atoms with van der Waals surface area (Å²) < 4.78 is 5.92. The highest BCUT2D eigenvalue weighted by Gasteiger charge is 2.06. The van der Waals surface area contributed by atoms with Crippen LogP contribution >= 0.6 is 0 Å². The lowest BCUT2D eigenvalue weighted by Crippen LogP contribution is -2.06. The van der Waals surface area contributed by atoms with Crippen LogP contribution in [0.3, 0.4) is 0 Å². The van der Waals surface area contributed by atoms with E-state index in [9.17, 15) is 0 Å². The molecule has 1 atom stereocenters. The van der Waals surface area contributed by atoms with E-state index in [2.05, 4.69) is 9.97 Å². The molecule has 0 unspecified atom stereocenters.